The van der Waals surface area contributed by atoms with E-state index in [1.165, 1.54) is 6.07 Å². The Morgan fingerprint density at radius 3 is 2.42 bits per heavy atom. The molecule has 0 atom stereocenters. The summed E-state index contributed by atoms with van der Waals surface area (Å²) >= 11 is 0.943. The minimum absolute atomic E-state index is 0.0958. The molecule has 0 saturated carbocycles. The van der Waals surface area contributed by atoms with Gasteiger partial charge in [-0.1, -0.05) is 30.0 Å². The van der Waals surface area contributed by atoms with Crippen LogP contribution in [0.4, 0.5) is 9.80 Å². The molecule has 1 aromatic carbocycles. The number of hydrogen-bond donors (Lipinski definition) is 2. The third-order valence-electron chi connectivity index (χ3n) is 2.67. The average molecular weight is 343 g/mol. The molecule has 0 aliphatic carbocycles. The summed E-state index contributed by atoms with van der Waals surface area (Å²) in [4.78, 5) is 23.2. The maximum Gasteiger partial charge on any atom is 0.412 e. The van der Waals surface area contributed by atoms with Crippen molar-refractivity contribution < 1.29 is 19.4 Å². The van der Waals surface area contributed by atoms with Gasteiger partial charge in [-0.3, -0.25) is 5.32 Å². The zero-order chi connectivity index (χ0) is 17.7. The lowest BCUT2D eigenvalue weighted by Crippen LogP contribution is -2.27. The highest BCUT2D eigenvalue weighted by molar-refractivity contribution is 7.18. The monoisotopic (exact) mass is 343 g/mol. The number of rotatable bonds is 2. The first-order valence-corrected chi connectivity index (χ1v) is 8.00. The minimum atomic E-state index is -1.07. The Bertz CT molecular complexity index is 807. The lowest BCUT2D eigenvalue weighted by atomic mass is 10.2. The summed E-state index contributed by atoms with van der Waals surface area (Å²) in [5, 5.41) is 12.1. The molecule has 0 fully saturated rings. The summed E-state index contributed by atoms with van der Waals surface area (Å²) in [6.45, 7) is 5.25. The fourth-order valence-electron chi connectivity index (χ4n) is 1.74. The number of thiophene rings is 1. The molecule has 2 aromatic rings. The Morgan fingerprint density at radius 2 is 1.83 bits per heavy atom. The topological polar surface area (TPSA) is 75.6 Å². The fourth-order valence-corrected chi connectivity index (χ4v) is 2.58. The van der Waals surface area contributed by atoms with Gasteiger partial charge in [-0.15, -0.1) is 11.3 Å². The van der Waals surface area contributed by atoms with Crippen LogP contribution in [0.5, 0.6) is 0 Å². The van der Waals surface area contributed by atoms with E-state index < -0.39 is 17.7 Å². The maximum atomic E-state index is 11.9. The van der Waals surface area contributed by atoms with E-state index in [1.54, 1.807) is 20.8 Å². The maximum absolute atomic E-state index is 11.9. The van der Waals surface area contributed by atoms with Crippen LogP contribution >= 0.6 is 11.3 Å². The SMILES string of the molecule is CC(C)(C)OC(=O)Nc1sc(C(=O)O)cc1C#Cc1ccccc1. The Balaban J connectivity index is 2.28. The number of hydrogen-bond acceptors (Lipinski definition) is 4. The second-order valence-corrected chi connectivity index (χ2v) is 6.95. The molecular formula is C18H17NO4S. The number of anilines is 1. The van der Waals surface area contributed by atoms with Crippen LogP contribution in [-0.4, -0.2) is 22.8 Å². The van der Waals surface area contributed by atoms with Crippen molar-refractivity contribution in [1.82, 2.24) is 0 Å². The van der Waals surface area contributed by atoms with Gasteiger partial charge in [0.2, 0.25) is 0 Å². The number of aromatic carboxylic acids is 1. The molecule has 0 radical (unpaired) electrons. The number of carboxylic acids is 1. The van der Waals surface area contributed by atoms with Gasteiger partial charge in [0, 0.05) is 5.56 Å². The van der Waals surface area contributed by atoms with E-state index in [-0.39, 0.29) is 4.88 Å². The van der Waals surface area contributed by atoms with Crippen LogP contribution in [0.2, 0.25) is 0 Å². The number of benzene rings is 1. The molecule has 6 heteroatoms. The molecule has 24 heavy (non-hydrogen) atoms. The van der Waals surface area contributed by atoms with Crippen molar-refractivity contribution in [2.75, 3.05) is 5.32 Å². The Morgan fingerprint density at radius 1 is 1.17 bits per heavy atom. The number of nitrogens with one attached hydrogen (secondary N) is 1. The zero-order valence-electron chi connectivity index (χ0n) is 13.5. The van der Waals surface area contributed by atoms with Gasteiger partial charge in [-0.2, -0.15) is 0 Å². The van der Waals surface area contributed by atoms with Crippen molar-refractivity contribution in [3.05, 3.63) is 52.4 Å². The number of amides is 1. The lowest BCUT2D eigenvalue weighted by Gasteiger charge is -2.19. The normalized spacial score (nSPS) is 10.5. The van der Waals surface area contributed by atoms with Crippen molar-refractivity contribution >= 4 is 28.4 Å². The van der Waals surface area contributed by atoms with E-state index in [0.29, 0.717) is 10.6 Å². The van der Waals surface area contributed by atoms with E-state index in [9.17, 15) is 9.59 Å². The molecule has 0 aliphatic rings. The van der Waals surface area contributed by atoms with Crippen LogP contribution in [0.15, 0.2) is 36.4 Å². The quantitative estimate of drug-likeness (QED) is 0.802. The third-order valence-corrected chi connectivity index (χ3v) is 3.71. The van der Waals surface area contributed by atoms with Gasteiger partial charge in [-0.25, -0.2) is 9.59 Å². The standard InChI is InChI=1S/C18H17NO4S/c1-18(2,3)23-17(22)19-15-13(11-14(24-15)16(20)21)10-9-12-7-5-4-6-8-12/h4-8,11H,1-3H3,(H,19,22)(H,20,21). The van der Waals surface area contributed by atoms with E-state index in [4.69, 9.17) is 9.84 Å². The van der Waals surface area contributed by atoms with Gasteiger partial charge in [0.05, 0.1) is 5.56 Å². The summed E-state index contributed by atoms with van der Waals surface area (Å²) in [5.74, 6) is 4.78. The van der Waals surface area contributed by atoms with Crippen molar-refractivity contribution in [3.8, 4) is 11.8 Å². The first-order valence-electron chi connectivity index (χ1n) is 7.19. The highest BCUT2D eigenvalue weighted by Gasteiger charge is 2.19. The minimum Gasteiger partial charge on any atom is -0.477 e. The molecule has 0 bridgehead atoms. The van der Waals surface area contributed by atoms with Gasteiger partial charge in [0.1, 0.15) is 15.5 Å². The number of carboxylic acid groups (broad SMARTS) is 1. The smallest absolute Gasteiger partial charge is 0.412 e. The van der Waals surface area contributed by atoms with E-state index in [0.717, 1.165) is 16.9 Å². The van der Waals surface area contributed by atoms with Crippen LogP contribution in [0.1, 0.15) is 41.6 Å². The molecular weight excluding hydrogens is 326 g/mol. The van der Waals surface area contributed by atoms with Crippen molar-refractivity contribution in [2.45, 2.75) is 26.4 Å². The van der Waals surface area contributed by atoms with Gasteiger partial charge in [-0.05, 0) is 39.0 Å². The fraction of sp³-hybridized carbons (Fsp3) is 0.222. The van der Waals surface area contributed by atoms with Gasteiger partial charge in [0.15, 0.2) is 0 Å². The molecule has 2 rings (SSSR count). The summed E-state index contributed by atoms with van der Waals surface area (Å²) in [7, 11) is 0. The van der Waals surface area contributed by atoms with Crippen molar-refractivity contribution in [2.24, 2.45) is 0 Å². The number of ether oxygens (including phenoxy) is 1. The number of carbonyl (C=O) groups excluding carboxylic acids is 1. The van der Waals surface area contributed by atoms with Gasteiger partial charge in [0.25, 0.3) is 0 Å². The van der Waals surface area contributed by atoms with Crippen LogP contribution in [-0.2, 0) is 4.74 Å². The Kier molecular flexibility index (Phi) is 5.27. The molecule has 5 nitrogen and oxygen atoms in total. The summed E-state index contributed by atoms with van der Waals surface area (Å²) < 4.78 is 5.19. The van der Waals surface area contributed by atoms with Crippen LogP contribution < -0.4 is 5.32 Å². The lowest BCUT2D eigenvalue weighted by molar-refractivity contribution is 0.0634. The highest BCUT2D eigenvalue weighted by Crippen LogP contribution is 2.28. The molecule has 0 saturated heterocycles. The molecule has 0 aliphatic heterocycles. The first-order chi connectivity index (χ1) is 11.2. The van der Waals surface area contributed by atoms with Gasteiger partial charge < -0.3 is 9.84 Å². The summed E-state index contributed by atoms with van der Waals surface area (Å²) in [6.07, 6.45) is -0.649. The predicted octanol–water partition coefficient (Wildman–Crippen LogP) is 4.19. The molecule has 1 heterocycles. The largest absolute Gasteiger partial charge is 0.477 e. The van der Waals surface area contributed by atoms with Crippen molar-refractivity contribution in [3.63, 3.8) is 0 Å². The summed E-state index contributed by atoms with van der Waals surface area (Å²) in [5.41, 5.74) is 0.586. The van der Waals surface area contributed by atoms with Crippen molar-refractivity contribution in [1.29, 1.82) is 0 Å². The summed E-state index contributed by atoms with van der Waals surface area (Å²) in [6, 6.07) is 10.7. The third kappa shape index (κ3) is 5.14. The van der Waals surface area contributed by atoms with Gasteiger partial charge >= 0.3 is 12.1 Å². The molecule has 124 valence electrons. The molecule has 1 aromatic heterocycles. The Labute approximate surface area is 144 Å². The Hall–Kier alpha value is -2.78. The molecule has 2 N–H and O–H groups in total. The van der Waals surface area contributed by atoms with Crippen LogP contribution in [0.25, 0.3) is 0 Å². The van der Waals surface area contributed by atoms with E-state index in [2.05, 4.69) is 17.2 Å². The number of carbonyl (C=O) groups is 2. The van der Waals surface area contributed by atoms with E-state index >= 15 is 0 Å². The molecule has 0 spiro atoms. The highest BCUT2D eigenvalue weighted by atomic mass is 32.1. The average Bonchev–Trinajstić information content (AvgIpc) is 2.87. The van der Waals surface area contributed by atoms with Crippen LogP contribution in [0.3, 0.4) is 0 Å². The van der Waals surface area contributed by atoms with Crippen LogP contribution in [0, 0.1) is 11.8 Å². The van der Waals surface area contributed by atoms with E-state index in [1.807, 2.05) is 30.3 Å². The first kappa shape index (κ1) is 17.6. The zero-order valence-corrected chi connectivity index (χ0v) is 14.4. The second-order valence-electron chi connectivity index (χ2n) is 5.90. The molecule has 1 amide bonds. The second kappa shape index (κ2) is 7.20. The predicted molar refractivity (Wildman–Crippen MR) is 93.6 cm³/mol. The molecule has 0 unspecified atom stereocenters.